The zero-order valence-corrected chi connectivity index (χ0v) is 14.2. The minimum atomic E-state index is -0.518. The summed E-state index contributed by atoms with van der Waals surface area (Å²) in [5.41, 5.74) is 1.95. The molecule has 130 valence electrons. The Morgan fingerprint density at radius 1 is 1.19 bits per heavy atom. The lowest BCUT2D eigenvalue weighted by Gasteiger charge is -2.18. The molecule has 1 N–H and O–H groups in total. The van der Waals surface area contributed by atoms with Crippen LogP contribution >= 0.6 is 0 Å². The second-order valence-electron chi connectivity index (χ2n) is 6.16. The normalized spacial score (nSPS) is 16.2. The molecule has 1 aliphatic heterocycles. The van der Waals surface area contributed by atoms with Gasteiger partial charge in [0.25, 0.3) is 0 Å². The topological polar surface area (TPSA) is 90.3 Å². The molecule has 2 amide bonds. The monoisotopic (exact) mass is 347 g/mol. The Hall–Kier alpha value is -3.46. The number of Topliss-reactive ketones (excluding diaryl/α,β-unsaturated/α-hetero) is 1. The first-order valence-corrected chi connectivity index (χ1v) is 8.21. The molecule has 1 unspecified atom stereocenters. The summed E-state index contributed by atoms with van der Waals surface area (Å²) in [5.74, 6) is -1.08. The van der Waals surface area contributed by atoms with E-state index in [4.69, 9.17) is 0 Å². The van der Waals surface area contributed by atoms with Crippen LogP contribution < -0.4 is 10.2 Å². The molecular weight excluding hydrogens is 330 g/mol. The predicted molar refractivity (Wildman–Crippen MR) is 96.7 cm³/mol. The Morgan fingerprint density at radius 2 is 1.96 bits per heavy atom. The van der Waals surface area contributed by atoms with Gasteiger partial charge < -0.3 is 10.2 Å². The zero-order chi connectivity index (χ0) is 18.7. The van der Waals surface area contributed by atoms with Crippen molar-refractivity contribution >= 4 is 29.0 Å². The number of hydrogen-bond donors (Lipinski definition) is 1. The second-order valence-corrected chi connectivity index (χ2v) is 6.16. The van der Waals surface area contributed by atoms with Gasteiger partial charge in [-0.05, 0) is 31.2 Å². The van der Waals surface area contributed by atoms with Crippen LogP contribution in [0, 0.1) is 17.2 Å². The molecule has 0 saturated carbocycles. The van der Waals surface area contributed by atoms with E-state index in [-0.39, 0.29) is 30.6 Å². The third-order valence-electron chi connectivity index (χ3n) is 4.35. The minimum absolute atomic E-state index is 0.0813. The number of carbonyl (C=O) groups excluding carboxylic acids is 3. The van der Waals surface area contributed by atoms with Gasteiger partial charge in [-0.3, -0.25) is 14.4 Å². The van der Waals surface area contributed by atoms with Gasteiger partial charge in [0.15, 0.2) is 5.78 Å². The zero-order valence-electron chi connectivity index (χ0n) is 14.2. The number of nitrogens with zero attached hydrogens (tertiary/aromatic N) is 2. The van der Waals surface area contributed by atoms with Gasteiger partial charge in [0.05, 0.1) is 17.2 Å². The van der Waals surface area contributed by atoms with Gasteiger partial charge in [-0.15, -0.1) is 0 Å². The molecule has 1 fully saturated rings. The van der Waals surface area contributed by atoms with E-state index in [2.05, 4.69) is 11.4 Å². The quantitative estimate of drug-likeness (QED) is 0.861. The van der Waals surface area contributed by atoms with Crippen molar-refractivity contribution in [2.45, 2.75) is 13.3 Å². The Balaban J connectivity index is 1.74. The van der Waals surface area contributed by atoms with Gasteiger partial charge in [-0.1, -0.05) is 24.3 Å². The molecule has 3 rings (SSSR count). The Morgan fingerprint density at radius 3 is 2.69 bits per heavy atom. The molecule has 1 heterocycles. The van der Waals surface area contributed by atoms with Crippen LogP contribution in [0.4, 0.5) is 11.4 Å². The van der Waals surface area contributed by atoms with Crippen molar-refractivity contribution in [3.8, 4) is 6.07 Å². The second kappa shape index (κ2) is 7.19. The molecule has 2 aromatic carbocycles. The minimum Gasteiger partial charge on any atom is -0.326 e. The van der Waals surface area contributed by atoms with E-state index in [1.165, 1.54) is 11.8 Å². The molecule has 0 bridgehead atoms. The number of benzene rings is 2. The smallest absolute Gasteiger partial charge is 0.229 e. The standard InChI is InChI=1S/C20H17N3O3/c1-13(24)14-6-4-7-17(9-14)22-20(26)16-10-19(25)23(12-16)18-8-3-2-5-15(18)11-21/h2-9,16H,10,12H2,1H3,(H,22,26). The first-order chi connectivity index (χ1) is 12.5. The number of anilines is 2. The van der Waals surface area contributed by atoms with E-state index >= 15 is 0 Å². The van der Waals surface area contributed by atoms with Crippen molar-refractivity contribution in [1.82, 2.24) is 0 Å². The molecule has 6 heteroatoms. The average Bonchev–Trinajstić information content (AvgIpc) is 3.03. The summed E-state index contributed by atoms with van der Waals surface area (Å²) in [4.78, 5) is 37.8. The van der Waals surface area contributed by atoms with Crippen LogP contribution in [0.15, 0.2) is 48.5 Å². The number of rotatable bonds is 4. The third kappa shape index (κ3) is 3.47. The molecule has 6 nitrogen and oxygen atoms in total. The van der Waals surface area contributed by atoms with Crippen molar-refractivity contribution in [2.75, 3.05) is 16.8 Å². The molecule has 0 spiro atoms. The fourth-order valence-electron chi connectivity index (χ4n) is 2.98. The lowest BCUT2D eigenvalue weighted by Crippen LogP contribution is -2.28. The first kappa shape index (κ1) is 17.4. The van der Waals surface area contributed by atoms with Gasteiger partial charge >= 0.3 is 0 Å². The summed E-state index contributed by atoms with van der Waals surface area (Å²) in [6.45, 7) is 1.68. The Labute approximate surface area is 151 Å². The van der Waals surface area contributed by atoms with Crippen LogP contribution in [0.3, 0.4) is 0 Å². The van der Waals surface area contributed by atoms with Crippen molar-refractivity contribution in [1.29, 1.82) is 5.26 Å². The molecule has 1 aliphatic rings. The molecule has 0 radical (unpaired) electrons. The lowest BCUT2D eigenvalue weighted by atomic mass is 10.1. The SMILES string of the molecule is CC(=O)c1cccc(NC(=O)C2CC(=O)N(c3ccccc3C#N)C2)c1. The number of nitrogens with one attached hydrogen (secondary N) is 1. The maximum atomic E-state index is 12.5. The van der Waals surface area contributed by atoms with E-state index in [9.17, 15) is 19.6 Å². The largest absolute Gasteiger partial charge is 0.326 e. The summed E-state index contributed by atoms with van der Waals surface area (Å²) in [7, 11) is 0. The van der Waals surface area contributed by atoms with Crippen molar-refractivity contribution in [3.05, 3.63) is 59.7 Å². The van der Waals surface area contributed by atoms with Crippen molar-refractivity contribution < 1.29 is 14.4 Å². The molecular formula is C20H17N3O3. The van der Waals surface area contributed by atoms with Crippen LogP contribution in [0.25, 0.3) is 0 Å². The number of nitriles is 1. The van der Waals surface area contributed by atoms with E-state index in [1.807, 2.05) is 0 Å². The van der Waals surface area contributed by atoms with E-state index in [0.717, 1.165) is 0 Å². The highest BCUT2D eigenvalue weighted by atomic mass is 16.2. The van der Waals surface area contributed by atoms with Gasteiger partial charge in [0.2, 0.25) is 11.8 Å². The molecule has 1 saturated heterocycles. The van der Waals surface area contributed by atoms with Gasteiger partial charge in [0, 0.05) is 24.2 Å². The molecule has 26 heavy (non-hydrogen) atoms. The fraction of sp³-hybridized carbons (Fsp3) is 0.200. The number of ketones is 1. The summed E-state index contributed by atoms with van der Waals surface area (Å²) < 4.78 is 0. The highest BCUT2D eigenvalue weighted by molar-refractivity contribution is 6.04. The summed E-state index contributed by atoms with van der Waals surface area (Å²) in [6.07, 6.45) is 0.0813. The number of hydrogen-bond acceptors (Lipinski definition) is 4. The van der Waals surface area contributed by atoms with Crippen LogP contribution in [0.1, 0.15) is 29.3 Å². The Kier molecular flexibility index (Phi) is 4.81. The predicted octanol–water partition coefficient (Wildman–Crippen LogP) is 2.75. The van der Waals surface area contributed by atoms with Crippen LogP contribution in [0.5, 0.6) is 0 Å². The third-order valence-corrected chi connectivity index (χ3v) is 4.35. The van der Waals surface area contributed by atoms with E-state index < -0.39 is 5.92 Å². The number of para-hydroxylation sites is 1. The summed E-state index contributed by atoms with van der Waals surface area (Å²) in [5, 5.41) is 12.0. The van der Waals surface area contributed by atoms with Gasteiger partial charge in [-0.25, -0.2) is 0 Å². The lowest BCUT2D eigenvalue weighted by molar-refractivity contribution is -0.122. The van der Waals surface area contributed by atoms with Gasteiger partial charge in [0.1, 0.15) is 6.07 Å². The van der Waals surface area contributed by atoms with Crippen molar-refractivity contribution in [2.24, 2.45) is 5.92 Å². The molecule has 0 aromatic heterocycles. The van der Waals surface area contributed by atoms with Gasteiger partial charge in [-0.2, -0.15) is 5.26 Å². The highest BCUT2D eigenvalue weighted by Crippen LogP contribution is 2.28. The molecule has 2 aromatic rings. The Bertz CT molecular complexity index is 930. The highest BCUT2D eigenvalue weighted by Gasteiger charge is 2.36. The average molecular weight is 347 g/mol. The van der Waals surface area contributed by atoms with Crippen LogP contribution in [-0.2, 0) is 9.59 Å². The maximum absolute atomic E-state index is 12.5. The summed E-state index contributed by atoms with van der Waals surface area (Å²) >= 11 is 0. The first-order valence-electron chi connectivity index (χ1n) is 8.21. The van der Waals surface area contributed by atoms with E-state index in [1.54, 1.807) is 48.5 Å². The number of carbonyl (C=O) groups is 3. The number of amides is 2. The van der Waals surface area contributed by atoms with Crippen LogP contribution in [-0.4, -0.2) is 24.1 Å². The van der Waals surface area contributed by atoms with E-state index in [0.29, 0.717) is 22.5 Å². The maximum Gasteiger partial charge on any atom is 0.229 e. The van der Waals surface area contributed by atoms with Crippen LogP contribution in [0.2, 0.25) is 0 Å². The molecule has 0 aliphatic carbocycles. The summed E-state index contributed by atoms with van der Waals surface area (Å²) in [6, 6.07) is 15.6. The fourth-order valence-corrected chi connectivity index (χ4v) is 2.98. The van der Waals surface area contributed by atoms with Crippen molar-refractivity contribution in [3.63, 3.8) is 0 Å². The molecule has 1 atom stereocenters.